The third-order valence-corrected chi connectivity index (χ3v) is 2.42. The van der Waals surface area contributed by atoms with Gasteiger partial charge in [-0.2, -0.15) is 0 Å². The van der Waals surface area contributed by atoms with E-state index in [1.807, 2.05) is 0 Å². The predicted octanol–water partition coefficient (Wildman–Crippen LogP) is 3.97. The van der Waals surface area contributed by atoms with Crippen LogP contribution in [0.1, 0.15) is 0 Å². The van der Waals surface area contributed by atoms with E-state index in [0.29, 0.717) is 5.56 Å². The van der Waals surface area contributed by atoms with Crippen LogP contribution in [0.3, 0.4) is 0 Å². The second-order valence-electron chi connectivity index (χ2n) is 3.78. The molecule has 0 spiro atoms. The van der Waals surface area contributed by atoms with Gasteiger partial charge in [-0.05, 0) is 18.2 Å². The molecule has 6 heteroatoms. The minimum atomic E-state index is -4.79. The van der Waals surface area contributed by atoms with Crippen LogP contribution in [0.4, 0.5) is 23.2 Å². The minimum Gasteiger partial charge on any atom is -0.406 e. The van der Waals surface area contributed by atoms with Gasteiger partial charge >= 0.3 is 6.36 Å². The molecule has 0 saturated carbocycles. The van der Waals surface area contributed by atoms with Crippen molar-refractivity contribution in [1.82, 2.24) is 0 Å². The fraction of sp³-hybridized carbons (Fsp3) is 0.0769. The van der Waals surface area contributed by atoms with E-state index >= 15 is 0 Å². The second kappa shape index (κ2) is 4.79. The van der Waals surface area contributed by atoms with E-state index in [0.717, 1.165) is 12.1 Å². The first-order chi connectivity index (χ1) is 8.87. The molecule has 0 atom stereocenters. The fourth-order valence-electron chi connectivity index (χ4n) is 1.66. The molecular weight excluding hydrogens is 262 g/mol. The highest BCUT2D eigenvalue weighted by Gasteiger charge is 2.31. The Morgan fingerprint density at radius 1 is 0.947 bits per heavy atom. The van der Waals surface area contributed by atoms with E-state index in [2.05, 4.69) is 4.74 Å². The topological polar surface area (TPSA) is 35.2 Å². The smallest absolute Gasteiger partial charge is 0.406 e. The van der Waals surface area contributed by atoms with Crippen molar-refractivity contribution in [3.8, 4) is 16.9 Å². The van der Waals surface area contributed by atoms with Crippen molar-refractivity contribution in [2.45, 2.75) is 6.36 Å². The van der Waals surface area contributed by atoms with Crippen LogP contribution in [-0.2, 0) is 0 Å². The maximum absolute atomic E-state index is 13.6. The van der Waals surface area contributed by atoms with Gasteiger partial charge in [0.2, 0.25) is 0 Å². The third-order valence-electron chi connectivity index (χ3n) is 2.42. The van der Waals surface area contributed by atoms with Crippen LogP contribution in [0.5, 0.6) is 5.75 Å². The van der Waals surface area contributed by atoms with Gasteiger partial charge in [-0.3, -0.25) is 0 Å². The molecular formula is C13H9F4NO. The highest BCUT2D eigenvalue weighted by atomic mass is 19.4. The Labute approximate surface area is 106 Å². The van der Waals surface area contributed by atoms with Crippen molar-refractivity contribution in [1.29, 1.82) is 0 Å². The molecule has 100 valence electrons. The number of anilines is 1. The number of nitrogen functional groups attached to an aromatic ring is 1. The van der Waals surface area contributed by atoms with Crippen LogP contribution >= 0.6 is 0 Å². The van der Waals surface area contributed by atoms with Gasteiger partial charge in [0.25, 0.3) is 0 Å². The molecule has 2 nitrogen and oxygen atoms in total. The summed E-state index contributed by atoms with van der Waals surface area (Å²) in [5.74, 6) is -0.941. The van der Waals surface area contributed by atoms with E-state index in [9.17, 15) is 17.6 Å². The summed E-state index contributed by atoms with van der Waals surface area (Å²) in [6.45, 7) is 0. The van der Waals surface area contributed by atoms with Gasteiger partial charge in [0.15, 0.2) is 0 Å². The molecule has 0 saturated heterocycles. The molecule has 2 aromatic rings. The summed E-state index contributed by atoms with van der Waals surface area (Å²) >= 11 is 0. The molecule has 0 aromatic heterocycles. The molecule has 0 bridgehead atoms. The van der Waals surface area contributed by atoms with Crippen molar-refractivity contribution in [2.24, 2.45) is 0 Å². The zero-order valence-electron chi connectivity index (χ0n) is 9.54. The maximum atomic E-state index is 13.6. The largest absolute Gasteiger partial charge is 0.573 e. The number of alkyl halides is 3. The zero-order valence-corrected chi connectivity index (χ0v) is 9.54. The monoisotopic (exact) mass is 271 g/mol. The van der Waals surface area contributed by atoms with Gasteiger partial charge < -0.3 is 10.5 Å². The van der Waals surface area contributed by atoms with Crippen LogP contribution in [0, 0.1) is 5.82 Å². The number of nitrogens with two attached hydrogens (primary N) is 1. The van der Waals surface area contributed by atoms with E-state index in [1.54, 1.807) is 6.07 Å². The van der Waals surface area contributed by atoms with Crippen molar-refractivity contribution in [2.75, 3.05) is 5.73 Å². The molecule has 0 unspecified atom stereocenters. The standard InChI is InChI=1S/C13H9F4NO/c14-11-4-2-1-3-9(11)10-6-5-8(7-12(10)18)19-13(15,16)17/h1-7H,18H2. The summed E-state index contributed by atoms with van der Waals surface area (Å²) in [5, 5.41) is 0. The van der Waals surface area contributed by atoms with Gasteiger partial charge in [0, 0.05) is 22.9 Å². The Morgan fingerprint density at radius 3 is 2.21 bits per heavy atom. The molecule has 2 rings (SSSR count). The number of hydrogen-bond donors (Lipinski definition) is 1. The first kappa shape index (κ1) is 13.2. The van der Waals surface area contributed by atoms with Crippen molar-refractivity contribution < 1.29 is 22.3 Å². The Bertz CT molecular complexity index is 595. The Balaban J connectivity index is 2.38. The molecule has 0 fully saturated rings. The van der Waals surface area contributed by atoms with Crippen LogP contribution in [0.15, 0.2) is 42.5 Å². The first-order valence-corrected chi connectivity index (χ1v) is 5.27. The zero-order chi connectivity index (χ0) is 14.0. The second-order valence-corrected chi connectivity index (χ2v) is 3.78. The molecule has 19 heavy (non-hydrogen) atoms. The minimum absolute atomic E-state index is 0.00634. The summed E-state index contributed by atoms with van der Waals surface area (Å²) in [4.78, 5) is 0. The van der Waals surface area contributed by atoms with Crippen LogP contribution in [-0.4, -0.2) is 6.36 Å². The van der Waals surface area contributed by atoms with E-state index < -0.39 is 17.9 Å². The maximum Gasteiger partial charge on any atom is 0.573 e. The number of halogens is 4. The van der Waals surface area contributed by atoms with E-state index in [1.165, 1.54) is 24.3 Å². The lowest BCUT2D eigenvalue weighted by atomic mass is 10.0. The fourth-order valence-corrected chi connectivity index (χ4v) is 1.66. The summed E-state index contributed by atoms with van der Waals surface area (Å²) < 4.78 is 53.4. The van der Waals surface area contributed by atoms with Crippen LogP contribution in [0.2, 0.25) is 0 Å². The van der Waals surface area contributed by atoms with Gasteiger partial charge in [-0.1, -0.05) is 18.2 Å². The Hall–Kier alpha value is -2.24. The normalized spacial score (nSPS) is 11.4. The molecule has 0 aliphatic rings. The quantitative estimate of drug-likeness (QED) is 0.662. The molecule has 2 aromatic carbocycles. The lowest BCUT2D eigenvalue weighted by Crippen LogP contribution is -2.17. The van der Waals surface area contributed by atoms with Crippen molar-refractivity contribution >= 4 is 5.69 Å². The highest BCUT2D eigenvalue weighted by Crippen LogP contribution is 2.32. The summed E-state index contributed by atoms with van der Waals surface area (Å²) in [5.41, 5.74) is 6.17. The van der Waals surface area contributed by atoms with Gasteiger partial charge in [0.05, 0.1) is 0 Å². The van der Waals surface area contributed by atoms with Crippen molar-refractivity contribution in [3.63, 3.8) is 0 Å². The first-order valence-electron chi connectivity index (χ1n) is 5.27. The Morgan fingerprint density at radius 2 is 1.63 bits per heavy atom. The van der Waals surface area contributed by atoms with Gasteiger partial charge in [-0.15, -0.1) is 13.2 Å². The summed E-state index contributed by atoms with van der Waals surface area (Å²) in [7, 11) is 0. The lowest BCUT2D eigenvalue weighted by Gasteiger charge is -2.12. The average molecular weight is 271 g/mol. The van der Waals surface area contributed by atoms with Gasteiger partial charge in [-0.25, -0.2) is 4.39 Å². The molecule has 0 amide bonds. The average Bonchev–Trinajstić information content (AvgIpc) is 2.28. The number of hydrogen-bond acceptors (Lipinski definition) is 2. The number of rotatable bonds is 2. The summed E-state index contributed by atoms with van der Waals surface area (Å²) in [6, 6.07) is 9.24. The number of benzene rings is 2. The Kier molecular flexibility index (Phi) is 3.33. The van der Waals surface area contributed by atoms with E-state index in [-0.39, 0.29) is 11.3 Å². The van der Waals surface area contributed by atoms with Crippen molar-refractivity contribution in [3.05, 3.63) is 48.3 Å². The molecule has 0 heterocycles. The SMILES string of the molecule is Nc1cc(OC(F)(F)F)ccc1-c1ccccc1F. The molecule has 0 aliphatic carbocycles. The van der Waals surface area contributed by atoms with Crippen LogP contribution < -0.4 is 10.5 Å². The van der Waals surface area contributed by atoms with E-state index in [4.69, 9.17) is 5.73 Å². The molecule has 2 N–H and O–H groups in total. The lowest BCUT2D eigenvalue weighted by molar-refractivity contribution is -0.274. The predicted molar refractivity (Wildman–Crippen MR) is 62.9 cm³/mol. The summed E-state index contributed by atoms with van der Waals surface area (Å²) in [6.07, 6.45) is -4.79. The highest BCUT2D eigenvalue weighted by molar-refractivity contribution is 5.77. The molecule has 0 radical (unpaired) electrons. The van der Waals surface area contributed by atoms with Crippen LogP contribution in [0.25, 0.3) is 11.1 Å². The van der Waals surface area contributed by atoms with Gasteiger partial charge in [0.1, 0.15) is 11.6 Å². The molecule has 0 aliphatic heterocycles. The third kappa shape index (κ3) is 3.15. The number of ether oxygens (including phenoxy) is 1.